The molecule has 0 spiro atoms. The van der Waals surface area contributed by atoms with Crippen molar-refractivity contribution in [1.82, 2.24) is 0 Å². The van der Waals surface area contributed by atoms with Crippen LogP contribution >= 0.6 is 15.9 Å². The van der Waals surface area contributed by atoms with E-state index in [-0.39, 0.29) is 5.82 Å². The predicted molar refractivity (Wildman–Crippen MR) is 71.2 cm³/mol. The van der Waals surface area contributed by atoms with Crippen LogP contribution in [0.1, 0.15) is 43.2 Å². The molecule has 98 valence electrons. The van der Waals surface area contributed by atoms with Gasteiger partial charge in [-0.3, -0.25) is 4.79 Å². The number of carbonyl (C=O) groups is 1. The summed E-state index contributed by atoms with van der Waals surface area (Å²) in [5.41, 5.74) is 0.186. The molecule has 1 aromatic carbocycles. The van der Waals surface area contributed by atoms with Crippen molar-refractivity contribution in [3.05, 3.63) is 33.5 Å². The minimum absolute atomic E-state index is 0.312. The Balaban J connectivity index is 2.56. The topological polar surface area (TPSA) is 37.3 Å². The van der Waals surface area contributed by atoms with Crippen LogP contribution in [0.2, 0.25) is 0 Å². The van der Waals surface area contributed by atoms with Gasteiger partial charge in [0.1, 0.15) is 5.82 Å². The zero-order valence-electron chi connectivity index (χ0n) is 10.3. The largest absolute Gasteiger partial charge is 0.481 e. The first-order valence-corrected chi connectivity index (χ1v) is 6.97. The molecule has 0 amide bonds. The van der Waals surface area contributed by atoms with Crippen LogP contribution in [0.5, 0.6) is 0 Å². The van der Waals surface area contributed by atoms with E-state index in [1.165, 1.54) is 0 Å². The van der Waals surface area contributed by atoms with Crippen molar-refractivity contribution in [3.63, 3.8) is 0 Å². The molecule has 1 fully saturated rings. The van der Waals surface area contributed by atoms with E-state index >= 15 is 0 Å². The van der Waals surface area contributed by atoms with E-state index in [9.17, 15) is 14.3 Å². The smallest absolute Gasteiger partial charge is 0.314 e. The molecule has 18 heavy (non-hydrogen) atoms. The average Bonchev–Trinajstić information content (AvgIpc) is 2.37. The Hall–Kier alpha value is -0.900. The Morgan fingerprint density at radius 3 is 2.50 bits per heavy atom. The predicted octanol–water partition coefficient (Wildman–Crippen LogP) is 4.18. The molecule has 1 aliphatic rings. The highest BCUT2D eigenvalue weighted by molar-refractivity contribution is 9.10. The molecule has 1 aromatic rings. The molecule has 0 heterocycles. The Kier molecular flexibility index (Phi) is 3.76. The highest BCUT2D eigenvalue weighted by Gasteiger charge is 2.43. The average molecular weight is 315 g/mol. The fraction of sp³-hybridized carbons (Fsp3) is 0.500. The van der Waals surface area contributed by atoms with Gasteiger partial charge in [0.2, 0.25) is 0 Å². The standard InChI is InChI=1S/C14H16BrFO2/c1-9-5-6-10(11(15)12(9)16)14(13(17)18)7-3-2-4-8-14/h5-6H,2-4,7-8H2,1H3,(H,17,18). The summed E-state index contributed by atoms with van der Waals surface area (Å²) < 4.78 is 14.3. The summed E-state index contributed by atoms with van der Waals surface area (Å²) in [7, 11) is 0. The number of aliphatic carboxylic acids is 1. The second-order valence-corrected chi connectivity index (χ2v) is 5.80. The number of rotatable bonds is 2. The van der Waals surface area contributed by atoms with Crippen molar-refractivity contribution in [1.29, 1.82) is 0 Å². The van der Waals surface area contributed by atoms with Gasteiger partial charge in [0, 0.05) is 0 Å². The van der Waals surface area contributed by atoms with Gasteiger partial charge in [-0.25, -0.2) is 4.39 Å². The summed E-state index contributed by atoms with van der Waals surface area (Å²) in [4.78, 5) is 11.7. The molecule has 1 saturated carbocycles. The van der Waals surface area contributed by atoms with Gasteiger partial charge in [0.15, 0.2) is 0 Å². The summed E-state index contributed by atoms with van der Waals surface area (Å²) in [6.07, 6.45) is 4.00. The van der Waals surface area contributed by atoms with Gasteiger partial charge >= 0.3 is 5.97 Å². The molecule has 4 heteroatoms. The van der Waals surface area contributed by atoms with E-state index < -0.39 is 11.4 Å². The molecule has 0 aromatic heterocycles. The molecule has 0 aliphatic heterocycles. The highest BCUT2D eigenvalue weighted by Crippen LogP contribution is 2.43. The van der Waals surface area contributed by atoms with Gasteiger partial charge in [-0.05, 0) is 46.8 Å². The van der Waals surface area contributed by atoms with Crippen molar-refractivity contribution in [2.75, 3.05) is 0 Å². The minimum Gasteiger partial charge on any atom is -0.481 e. The zero-order valence-corrected chi connectivity index (χ0v) is 11.9. The lowest BCUT2D eigenvalue weighted by Gasteiger charge is -2.34. The van der Waals surface area contributed by atoms with E-state index in [2.05, 4.69) is 15.9 Å². The molecular weight excluding hydrogens is 299 g/mol. The quantitative estimate of drug-likeness (QED) is 0.889. The lowest BCUT2D eigenvalue weighted by molar-refractivity contribution is -0.145. The van der Waals surface area contributed by atoms with Crippen LogP contribution in [0.15, 0.2) is 16.6 Å². The fourth-order valence-corrected chi connectivity index (χ4v) is 3.59. The fourth-order valence-electron chi connectivity index (χ4n) is 2.77. The third-order valence-electron chi connectivity index (χ3n) is 3.91. The number of halogens is 2. The van der Waals surface area contributed by atoms with Crippen molar-refractivity contribution in [3.8, 4) is 0 Å². The van der Waals surface area contributed by atoms with E-state index in [1.807, 2.05) is 0 Å². The zero-order chi connectivity index (χ0) is 13.3. The van der Waals surface area contributed by atoms with Gasteiger partial charge < -0.3 is 5.11 Å². The van der Waals surface area contributed by atoms with Gasteiger partial charge in [0.05, 0.1) is 9.89 Å². The maximum atomic E-state index is 13.9. The molecular formula is C14H16BrFO2. The van der Waals surface area contributed by atoms with E-state index in [0.717, 1.165) is 19.3 Å². The maximum absolute atomic E-state index is 13.9. The Morgan fingerprint density at radius 2 is 1.94 bits per heavy atom. The number of hydrogen-bond acceptors (Lipinski definition) is 1. The third-order valence-corrected chi connectivity index (χ3v) is 4.68. The summed E-state index contributed by atoms with van der Waals surface area (Å²) in [5, 5.41) is 9.58. The Labute approximate surface area is 114 Å². The normalized spacial score (nSPS) is 18.6. The van der Waals surface area contributed by atoms with Crippen LogP contribution in [0.25, 0.3) is 0 Å². The van der Waals surface area contributed by atoms with Gasteiger partial charge in [0.25, 0.3) is 0 Å². The number of carboxylic acid groups (broad SMARTS) is 1. The van der Waals surface area contributed by atoms with Crippen LogP contribution in [0, 0.1) is 12.7 Å². The van der Waals surface area contributed by atoms with Crippen molar-refractivity contribution < 1.29 is 14.3 Å². The van der Waals surface area contributed by atoms with Crippen LogP contribution in [0.4, 0.5) is 4.39 Å². The number of aryl methyl sites for hydroxylation is 1. The van der Waals surface area contributed by atoms with Crippen LogP contribution < -0.4 is 0 Å². The maximum Gasteiger partial charge on any atom is 0.314 e. The molecule has 0 saturated heterocycles. The van der Waals surface area contributed by atoms with Crippen LogP contribution in [0.3, 0.4) is 0 Å². The second kappa shape index (κ2) is 5.00. The summed E-state index contributed by atoms with van der Waals surface area (Å²) >= 11 is 3.23. The third kappa shape index (κ3) is 2.07. The van der Waals surface area contributed by atoms with E-state index in [4.69, 9.17) is 0 Å². The monoisotopic (exact) mass is 314 g/mol. The number of hydrogen-bond donors (Lipinski definition) is 1. The van der Waals surface area contributed by atoms with Crippen LogP contribution in [-0.4, -0.2) is 11.1 Å². The molecule has 0 radical (unpaired) electrons. The molecule has 1 N–H and O–H groups in total. The van der Waals surface area contributed by atoms with Crippen molar-refractivity contribution in [2.45, 2.75) is 44.4 Å². The molecule has 2 rings (SSSR count). The Morgan fingerprint density at radius 1 is 1.33 bits per heavy atom. The molecule has 0 bridgehead atoms. The van der Waals surface area contributed by atoms with Gasteiger partial charge in [-0.2, -0.15) is 0 Å². The first kappa shape index (κ1) is 13.5. The SMILES string of the molecule is Cc1ccc(C2(C(=O)O)CCCCC2)c(Br)c1F. The summed E-state index contributed by atoms with van der Waals surface area (Å²) in [6, 6.07) is 3.41. The van der Waals surface area contributed by atoms with Crippen LogP contribution in [-0.2, 0) is 10.2 Å². The molecule has 0 unspecified atom stereocenters. The lowest BCUT2D eigenvalue weighted by atomic mass is 9.69. The highest BCUT2D eigenvalue weighted by atomic mass is 79.9. The summed E-state index contributed by atoms with van der Waals surface area (Å²) in [6.45, 7) is 1.68. The summed E-state index contributed by atoms with van der Waals surface area (Å²) in [5.74, 6) is -1.19. The minimum atomic E-state index is -0.925. The second-order valence-electron chi connectivity index (χ2n) is 5.01. The molecule has 0 atom stereocenters. The molecule has 2 nitrogen and oxygen atoms in total. The van der Waals surface area contributed by atoms with Gasteiger partial charge in [-0.15, -0.1) is 0 Å². The van der Waals surface area contributed by atoms with Gasteiger partial charge in [-0.1, -0.05) is 31.4 Å². The van der Waals surface area contributed by atoms with Crippen molar-refractivity contribution >= 4 is 21.9 Å². The Bertz CT molecular complexity index is 479. The first-order chi connectivity index (χ1) is 8.49. The van der Waals surface area contributed by atoms with Crippen molar-refractivity contribution in [2.24, 2.45) is 0 Å². The van der Waals surface area contributed by atoms with E-state index in [0.29, 0.717) is 28.4 Å². The molecule has 1 aliphatic carbocycles. The first-order valence-electron chi connectivity index (χ1n) is 6.17. The number of carboxylic acids is 1. The lowest BCUT2D eigenvalue weighted by Crippen LogP contribution is -2.38. The number of benzene rings is 1. The van der Waals surface area contributed by atoms with E-state index in [1.54, 1.807) is 19.1 Å².